The summed E-state index contributed by atoms with van der Waals surface area (Å²) in [5.74, 6) is 0. The minimum atomic E-state index is 0.858. The Morgan fingerprint density at radius 2 is 2.20 bits per heavy atom. The third-order valence-corrected chi connectivity index (χ3v) is 4.86. The van der Waals surface area contributed by atoms with E-state index in [1.54, 1.807) is 22.7 Å². The van der Waals surface area contributed by atoms with Crippen LogP contribution < -0.4 is 0 Å². The van der Waals surface area contributed by atoms with Crippen LogP contribution in [0.4, 0.5) is 0 Å². The summed E-state index contributed by atoms with van der Waals surface area (Å²) in [6.45, 7) is 1.75. The molecule has 3 aromatic heterocycles. The Labute approximate surface area is 126 Å². The van der Waals surface area contributed by atoms with Crippen LogP contribution in [0.3, 0.4) is 0 Å². The van der Waals surface area contributed by atoms with Gasteiger partial charge in [0.1, 0.15) is 5.01 Å². The Morgan fingerprint density at radius 1 is 1.30 bits per heavy atom. The SMILES string of the molecule is CN(Cc1cnn(C)c1)Cc1csc(-c2cccs2)n1. The van der Waals surface area contributed by atoms with Crippen LogP contribution >= 0.6 is 22.7 Å². The zero-order chi connectivity index (χ0) is 13.9. The van der Waals surface area contributed by atoms with Gasteiger partial charge in [-0.3, -0.25) is 9.58 Å². The van der Waals surface area contributed by atoms with Crippen LogP contribution in [-0.4, -0.2) is 26.7 Å². The molecule has 0 aliphatic heterocycles. The van der Waals surface area contributed by atoms with E-state index in [0.717, 1.165) is 23.8 Å². The molecule has 104 valence electrons. The van der Waals surface area contributed by atoms with Crippen molar-refractivity contribution in [1.82, 2.24) is 19.7 Å². The van der Waals surface area contributed by atoms with Gasteiger partial charge >= 0.3 is 0 Å². The van der Waals surface area contributed by atoms with Gasteiger partial charge in [0.25, 0.3) is 0 Å². The van der Waals surface area contributed by atoms with Crippen molar-refractivity contribution in [3.05, 3.63) is 46.5 Å². The van der Waals surface area contributed by atoms with Gasteiger partial charge in [-0.2, -0.15) is 5.10 Å². The van der Waals surface area contributed by atoms with Gasteiger partial charge < -0.3 is 0 Å². The second kappa shape index (κ2) is 5.87. The predicted octanol–water partition coefficient (Wildman–Crippen LogP) is 3.24. The van der Waals surface area contributed by atoms with Crippen molar-refractivity contribution >= 4 is 22.7 Å². The van der Waals surface area contributed by atoms with E-state index in [-0.39, 0.29) is 0 Å². The van der Waals surface area contributed by atoms with E-state index in [0.29, 0.717) is 0 Å². The van der Waals surface area contributed by atoms with E-state index < -0.39 is 0 Å². The van der Waals surface area contributed by atoms with Crippen molar-refractivity contribution in [1.29, 1.82) is 0 Å². The van der Waals surface area contributed by atoms with E-state index in [1.807, 2.05) is 17.9 Å². The molecule has 0 amide bonds. The van der Waals surface area contributed by atoms with Gasteiger partial charge in [-0.25, -0.2) is 4.98 Å². The normalized spacial score (nSPS) is 11.3. The van der Waals surface area contributed by atoms with E-state index in [1.165, 1.54) is 10.4 Å². The Morgan fingerprint density at radius 3 is 2.90 bits per heavy atom. The first-order valence-corrected chi connectivity index (χ1v) is 8.11. The van der Waals surface area contributed by atoms with Gasteiger partial charge in [0.05, 0.1) is 16.8 Å². The van der Waals surface area contributed by atoms with Crippen LogP contribution in [0.1, 0.15) is 11.3 Å². The van der Waals surface area contributed by atoms with Gasteiger partial charge in [-0.1, -0.05) is 6.07 Å². The maximum atomic E-state index is 4.71. The summed E-state index contributed by atoms with van der Waals surface area (Å²) in [7, 11) is 4.05. The lowest BCUT2D eigenvalue weighted by Crippen LogP contribution is -2.17. The topological polar surface area (TPSA) is 34.0 Å². The summed E-state index contributed by atoms with van der Waals surface area (Å²) >= 11 is 3.45. The summed E-state index contributed by atoms with van der Waals surface area (Å²) < 4.78 is 1.83. The fraction of sp³-hybridized carbons (Fsp3) is 0.286. The molecule has 3 heterocycles. The average Bonchev–Trinajstić information content (AvgIpc) is 3.10. The molecule has 3 rings (SSSR count). The molecule has 0 fully saturated rings. The molecule has 3 aromatic rings. The summed E-state index contributed by atoms with van der Waals surface area (Å²) in [5.41, 5.74) is 2.36. The largest absolute Gasteiger partial charge is 0.296 e. The molecule has 0 aromatic carbocycles. The molecule has 0 saturated heterocycles. The molecule has 0 radical (unpaired) electrons. The average molecular weight is 304 g/mol. The first-order chi connectivity index (χ1) is 9.70. The van der Waals surface area contributed by atoms with E-state index in [9.17, 15) is 0 Å². The Balaban J connectivity index is 1.63. The van der Waals surface area contributed by atoms with Crippen molar-refractivity contribution in [2.45, 2.75) is 13.1 Å². The fourth-order valence-corrected chi connectivity index (χ4v) is 3.72. The van der Waals surface area contributed by atoms with Crippen LogP contribution in [0, 0.1) is 0 Å². The van der Waals surface area contributed by atoms with Crippen molar-refractivity contribution in [3.63, 3.8) is 0 Å². The molecule has 4 nitrogen and oxygen atoms in total. The van der Waals surface area contributed by atoms with Gasteiger partial charge in [-0.05, 0) is 18.5 Å². The smallest absolute Gasteiger partial charge is 0.133 e. The molecule has 20 heavy (non-hydrogen) atoms. The number of aryl methyl sites for hydroxylation is 1. The summed E-state index contributed by atoms with van der Waals surface area (Å²) in [4.78, 5) is 8.21. The number of aromatic nitrogens is 3. The molecular formula is C14H16N4S2. The van der Waals surface area contributed by atoms with Crippen molar-refractivity contribution in [2.75, 3.05) is 7.05 Å². The third kappa shape index (κ3) is 3.15. The lowest BCUT2D eigenvalue weighted by Gasteiger charge is -2.13. The minimum absolute atomic E-state index is 0.858. The zero-order valence-electron chi connectivity index (χ0n) is 11.5. The summed E-state index contributed by atoms with van der Waals surface area (Å²) in [6.07, 6.45) is 3.96. The van der Waals surface area contributed by atoms with Crippen LogP contribution in [0.15, 0.2) is 35.3 Å². The Kier molecular flexibility index (Phi) is 3.95. The molecule has 0 unspecified atom stereocenters. The maximum Gasteiger partial charge on any atom is 0.133 e. The fourth-order valence-electron chi connectivity index (χ4n) is 2.09. The molecule has 0 bridgehead atoms. The quantitative estimate of drug-likeness (QED) is 0.725. The number of hydrogen-bond acceptors (Lipinski definition) is 5. The predicted molar refractivity (Wildman–Crippen MR) is 83.8 cm³/mol. The molecular weight excluding hydrogens is 288 g/mol. The van der Waals surface area contributed by atoms with Gasteiger partial charge in [0.2, 0.25) is 0 Å². The molecule has 0 atom stereocenters. The standard InChI is InChI=1S/C14H16N4S2/c1-17(7-11-6-15-18(2)8-11)9-12-10-20-14(16-12)13-4-3-5-19-13/h3-6,8,10H,7,9H2,1-2H3. The second-order valence-electron chi connectivity index (χ2n) is 4.82. The van der Waals surface area contributed by atoms with Gasteiger partial charge in [0.15, 0.2) is 0 Å². The van der Waals surface area contributed by atoms with Crippen LogP contribution in [0.2, 0.25) is 0 Å². The van der Waals surface area contributed by atoms with Crippen molar-refractivity contribution in [2.24, 2.45) is 7.05 Å². The number of thiazole rings is 1. The highest BCUT2D eigenvalue weighted by molar-refractivity contribution is 7.20. The molecule has 0 aliphatic rings. The van der Waals surface area contributed by atoms with Gasteiger partial charge in [-0.15, -0.1) is 22.7 Å². The minimum Gasteiger partial charge on any atom is -0.296 e. The third-order valence-electron chi connectivity index (χ3n) is 2.93. The highest BCUT2D eigenvalue weighted by atomic mass is 32.1. The van der Waals surface area contributed by atoms with Crippen molar-refractivity contribution < 1.29 is 0 Å². The second-order valence-corrected chi connectivity index (χ2v) is 6.62. The summed E-state index contributed by atoms with van der Waals surface area (Å²) in [6, 6.07) is 4.18. The number of nitrogens with zero attached hydrogens (tertiary/aromatic N) is 4. The monoisotopic (exact) mass is 304 g/mol. The maximum absolute atomic E-state index is 4.71. The number of thiophene rings is 1. The lowest BCUT2D eigenvalue weighted by molar-refractivity contribution is 0.316. The first-order valence-electron chi connectivity index (χ1n) is 6.35. The first kappa shape index (κ1) is 13.5. The Bertz CT molecular complexity index is 669. The van der Waals surface area contributed by atoms with Crippen LogP contribution in [-0.2, 0) is 20.1 Å². The highest BCUT2D eigenvalue weighted by Gasteiger charge is 2.08. The number of hydrogen-bond donors (Lipinski definition) is 0. The molecule has 6 heteroatoms. The van der Waals surface area contributed by atoms with E-state index in [2.05, 4.69) is 46.1 Å². The molecule has 0 N–H and O–H groups in total. The van der Waals surface area contributed by atoms with Gasteiger partial charge in [0, 0.05) is 37.3 Å². The molecule has 0 saturated carbocycles. The molecule has 0 aliphatic carbocycles. The van der Waals surface area contributed by atoms with Crippen molar-refractivity contribution in [3.8, 4) is 9.88 Å². The lowest BCUT2D eigenvalue weighted by atomic mass is 10.3. The van der Waals surface area contributed by atoms with E-state index in [4.69, 9.17) is 4.98 Å². The summed E-state index contributed by atoms with van der Waals surface area (Å²) in [5, 5.41) is 9.54. The highest BCUT2D eigenvalue weighted by Crippen LogP contribution is 2.28. The van der Waals surface area contributed by atoms with E-state index >= 15 is 0 Å². The number of rotatable bonds is 5. The Hall–Kier alpha value is -1.50. The molecule has 0 spiro atoms. The van der Waals surface area contributed by atoms with Crippen LogP contribution in [0.5, 0.6) is 0 Å². The zero-order valence-corrected chi connectivity index (χ0v) is 13.1. The van der Waals surface area contributed by atoms with Crippen LogP contribution in [0.25, 0.3) is 9.88 Å².